The number of aromatic nitrogens is 5. The molecular weight excluding hydrogens is 388 g/mol. The van der Waals surface area contributed by atoms with Crippen molar-refractivity contribution in [3.8, 4) is 22.8 Å². The van der Waals surface area contributed by atoms with Crippen LogP contribution in [0.4, 0.5) is 0 Å². The van der Waals surface area contributed by atoms with Crippen molar-refractivity contribution in [1.82, 2.24) is 29.6 Å². The molecule has 0 fully saturated rings. The van der Waals surface area contributed by atoms with Crippen molar-refractivity contribution in [2.45, 2.75) is 19.5 Å². The molecule has 6 rings (SSSR count). The van der Waals surface area contributed by atoms with E-state index in [-0.39, 0.29) is 0 Å². The minimum Gasteiger partial charge on any atom is -0.334 e. The molecule has 2 aromatic carbocycles. The first kappa shape index (κ1) is 18.0. The molecule has 7 heteroatoms. The standard InChI is InChI=1S/C24H20N6O/c1-2-7-18(8-3-1)23-25-24(31-28-23)19-11-13-30-21(14-19)26-27-22(30)16-29-12-10-17-6-4-5-9-20(17)15-29/h1-9,11,13-14H,10,12,15-16H2. The molecular formula is C24H20N6O. The number of benzene rings is 2. The van der Waals surface area contributed by atoms with Gasteiger partial charge in [-0.05, 0) is 29.7 Å². The van der Waals surface area contributed by atoms with Gasteiger partial charge in [0, 0.05) is 30.4 Å². The lowest BCUT2D eigenvalue weighted by atomic mass is 10.00. The van der Waals surface area contributed by atoms with E-state index in [9.17, 15) is 0 Å². The van der Waals surface area contributed by atoms with Crippen LogP contribution in [0.2, 0.25) is 0 Å². The zero-order chi connectivity index (χ0) is 20.6. The van der Waals surface area contributed by atoms with Gasteiger partial charge in [0.2, 0.25) is 5.82 Å². The highest BCUT2D eigenvalue weighted by molar-refractivity contribution is 5.62. The fourth-order valence-corrected chi connectivity index (χ4v) is 4.12. The first-order chi connectivity index (χ1) is 15.3. The molecule has 0 atom stereocenters. The normalized spacial score (nSPS) is 14.1. The van der Waals surface area contributed by atoms with E-state index in [1.54, 1.807) is 0 Å². The maximum atomic E-state index is 5.49. The van der Waals surface area contributed by atoms with Crippen LogP contribution in [0.3, 0.4) is 0 Å². The quantitative estimate of drug-likeness (QED) is 0.448. The van der Waals surface area contributed by atoms with Crippen molar-refractivity contribution in [2.75, 3.05) is 6.54 Å². The van der Waals surface area contributed by atoms with Crippen LogP contribution in [0.25, 0.3) is 28.5 Å². The minimum atomic E-state index is 0.471. The second-order valence-electron chi connectivity index (χ2n) is 7.78. The minimum absolute atomic E-state index is 0.471. The van der Waals surface area contributed by atoms with E-state index in [0.29, 0.717) is 11.7 Å². The Bertz CT molecular complexity index is 1360. The first-order valence-electron chi connectivity index (χ1n) is 10.4. The Hall–Kier alpha value is -3.84. The van der Waals surface area contributed by atoms with Gasteiger partial charge in [0.25, 0.3) is 5.89 Å². The van der Waals surface area contributed by atoms with Gasteiger partial charge in [-0.2, -0.15) is 4.98 Å². The summed E-state index contributed by atoms with van der Waals surface area (Å²) in [6.07, 6.45) is 3.04. The Labute approximate surface area is 179 Å². The van der Waals surface area contributed by atoms with Crippen LogP contribution in [0.5, 0.6) is 0 Å². The highest BCUT2D eigenvalue weighted by atomic mass is 16.5. The molecule has 4 heterocycles. The van der Waals surface area contributed by atoms with E-state index >= 15 is 0 Å². The molecule has 152 valence electrons. The summed E-state index contributed by atoms with van der Waals surface area (Å²) in [4.78, 5) is 6.95. The lowest BCUT2D eigenvalue weighted by molar-refractivity contribution is 0.238. The Morgan fingerprint density at radius 1 is 0.871 bits per heavy atom. The third-order valence-corrected chi connectivity index (χ3v) is 5.76. The Balaban J connectivity index is 1.24. The van der Waals surface area contributed by atoms with Gasteiger partial charge in [-0.25, -0.2) is 0 Å². The fourth-order valence-electron chi connectivity index (χ4n) is 4.12. The lowest BCUT2D eigenvalue weighted by Gasteiger charge is -2.27. The number of hydrogen-bond acceptors (Lipinski definition) is 6. The Morgan fingerprint density at radius 3 is 2.61 bits per heavy atom. The van der Waals surface area contributed by atoms with Gasteiger partial charge in [-0.15, -0.1) is 10.2 Å². The van der Waals surface area contributed by atoms with Gasteiger partial charge in [0.15, 0.2) is 11.5 Å². The van der Waals surface area contributed by atoms with Gasteiger partial charge in [-0.1, -0.05) is 59.8 Å². The van der Waals surface area contributed by atoms with Crippen molar-refractivity contribution in [3.63, 3.8) is 0 Å². The number of hydrogen-bond donors (Lipinski definition) is 0. The summed E-state index contributed by atoms with van der Waals surface area (Å²) >= 11 is 0. The van der Waals surface area contributed by atoms with Crippen LogP contribution in [0.1, 0.15) is 17.0 Å². The molecule has 3 aromatic heterocycles. The molecule has 0 saturated heterocycles. The maximum absolute atomic E-state index is 5.49. The van der Waals surface area contributed by atoms with Crippen LogP contribution in [0.15, 0.2) is 77.4 Å². The van der Waals surface area contributed by atoms with Crippen molar-refractivity contribution < 1.29 is 4.52 Å². The second-order valence-corrected chi connectivity index (χ2v) is 7.78. The molecule has 7 nitrogen and oxygen atoms in total. The summed E-state index contributed by atoms with van der Waals surface area (Å²) < 4.78 is 7.52. The predicted octanol–water partition coefficient (Wildman–Crippen LogP) is 4.00. The van der Waals surface area contributed by atoms with E-state index < -0.39 is 0 Å². The van der Waals surface area contributed by atoms with Crippen molar-refractivity contribution in [3.05, 3.63) is 89.9 Å². The van der Waals surface area contributed by atoms with Gasteiger partial charge in [0.1, 0.15) is 0 Å². The molecule has 0 N–H and O–H groups in total. The topological polar surface area (TPSA) is 72.3 Å². The predicted molar refractivity (Wildman–Crippen MR) is 116 cm³/mol. The summed E-state index contributed by atoms with van der Waals surface area (Å²) in [7, 11) is 0. The second kappa shape index (κ2) is 7.45. The molecule has 0 saturated carbocycles. The summed E-state index contributed by atoms with van der Waals surface area (Å²) in [5.41, 5.74) is 5.36. The molecule has 0 bridgehead atoms. The van der Waals surface area contributed by atoms with Crippen LogP contribution >= 0.6 is 0 Å². The number of pyridine rings is 1. The molecule has 0 unspecified atom stereocenters. The zero-order valence-corrected chi connectivity index (χ0v) is 16.8. The summed E-state index contributed by atoms with van der Waals surface area (Å²) in [5.74, 6) is 1.97. The summed E-state index contributed by atoms with van der Waals surface area (Å²) in [6.45, 7) is 2.72. The SMILES string of the molecule is c1ccc(-c2noc(-c3ccn4c(CN5CCc6ccccc6C5)nnc4c3)n2)cc1. The molecule has 1 aliphatic heterocycles. The Morgan fingerprint density at radius 2 is 1.71 bits per heavy atom. The highest BCUT2D eigenvalue weighted by Gasteiger charge is 2.19. The molecule has 31 heavy (non-hydrogen) atoms. The molecule has 5 aromatic rings. The van der Waals surface area contributed by atoms with E-state index in [2.05, 4.69) is 49.5 Å². The fraction of sp³-hybridized carbons (Fsp3) is 0.167. The van der Waals surface area contributed by atoms with Crippen molar-refractivity contribution in [2.24, 2.45) is 0 Å². The van der Waals surface area contributed by atoms with Gasteiger partial charge < -0.3 is 4.52 Å². The average molecular weight is 408 g/mol. The number of fused-ring (bicyclic) bond motifs is 2. The number of nitrogens with zero attached hydrogens (tertiary/aromatic N) is 6. The largest absolute Gasteiger partial charge is 0.334 e. The Kier molecular flexibility index (Phi) is 4.32. The van der Waals surface area contributed by atoms with E-state index in [0.717, 1.165) is 48.7 Å². The zero-order valence-electron chi connectivity index (χ0n) is 16.8. The van der Waals surface area contributed by atoms with E-state index in [1.165, 1.54) is 11.1 Å². The van der Waals surface area contributed by atoms with Crippen LogP contribution in [0, 0.1) is 0 Å². The summed E-state index contributed by atoms with van der Waals surface area (Å²) in [5, 5.41) is 12.9. The first-order valence-corrected chi connectivity index (χ1v) is 10.4. The highest BCUT2D eigenvalue weighted by Crippen LogP contribution is 2.24. The molecule has 0 amide bonds. The summed E-state index contributed by atoms with van der Waals surface area (Å²) in [6, 6.07) is 22.4. The maximum Gasteiger partial charge on any atom is 0.258 e. The number of rotatable bonds is 4. The van der Waals surface area contributed by atoms with E-state index in [4.69, 9.17) is 4.52 Å². The lowest BCUT2D eigenvalue weighted by Crippen LogP contribution is -2.30. The average Bonchev–Trinajstić information content (AvgIpc) is 3.47. The van der Waals surface area contributed by atoms with E-state index in [1.807, 2.05) is 53.1 Å². The van der Waals surface area contributed by atoms with Gasteiger partial charge in [0.05, 0.1) is 6.54 Å². The molecule has 0 radical (unpaired) electrons. The van der Waals surface area contributed by atoms with Crippen LogP contribution in [-0.4, -0.2) is 36.2 Å². The smallest absolute Gasteiger partial charge is 0.258 e. The van der Waals surface area contributed by atoms with Crippen molar-refractivity contribution in [1.29, 1.82) is 0 Å². The third-order valence-electron chi connectivity index (χ3n) is 5.76. The van der Waals surface area contributed by atoms with Crippen LogP contribution in [-0.2, 0) is 19.5 Å². The molecule has 0 spiro atoms. The van der Waals surface area contributed by atoms with Crippen LogP contribution < -0.4 is 0 Å². The molecule has 0 aliphatic carbocycles. The van der Waals surface area contributed by atoms with Gasteiger partial charge >= 0.3 is 0 Å². The third kappa shape index (κ3) is 3.39. The van der Waals surface area contributed by atoms with Crippen molar-refractivity contribution >= 4 is 5.65 Å². The van der Waals surface area contributed by atoms with Gasteiger partial charge in [-0.3, -0.25) is 9.30 Å². The molecule has 1 aliphatic rings. The monoisotopic (exact) mass is 408 g/mol.